The third-order valence-corrected chi connectivity index (χ3v) is 3.63. The van der Waals surface area contributed by atoms with E-state index >= 15 is 0 Å². The molecule has 3 heteroatoms. The maximum atomic E-state index is 12.0. The van der Waals surface area contributed by atoms with E-state index in [1.165, 1.54) is 37.7 Å². The Labute approximate surface area is 108 Å². The number of hydrogen-bond donors (Lipinski definition) is 1. The Kier molecular flexibility index (Phi) is 4.73. The molecule has 0 saturated heterocycles. The molecule has 18 heavy (non-hydrogen) atoms. The van der Waals surface area contributed by atoms with Gasteiger partial charge in [0.05, 0.1) is 0 Å². The second-order valence-electron chi connectivity index (χ2n) is 4.90. The van der Waals surface area contributed by atoms with Crippen LogP contribution in [0, 0.1) is 0 Å². The van der Waals surface area contributed by atoms with Gasteiger partial charge >= 0.3 is 0 Å². The standard InChI is InChI=1S/C15H20FNO/c16-10-11-17-15(18)14-8-6-13(7-9-14)12-4-2-1-3-5-12/h6-9,12H,1-5,10-11H2,(H,17,18). The van der Waals surface area contributed by atoms with Gasteiger partial charge in [0.15, 0.2) is 0 Å². The highest BCUT2D eigenvalue weighted by molar-refractivity contribution is 5.94. The van der Waals surface area contributed by atoms with Gasteiger partial charge in [0.1, 0.15) is 6.67 Å². The second kappa shape index (κ2) is 6.53. The van der Waals surface area contributed by atoms with Crippen molar-refractivity contribution < 1.29 is 9.18 Å². The van der Waals surface area contributed by atoms with E-state index in [-0.39, 0.29) is 12.5 Å². The summed E-state index contributed by atoms with van der Waals surface area (Å²) in [6, 6.07) is 7.77. The average molecular weight is 249 g/mol. The molecular formula is C15H20FNO. The van der Waals surface area contributed by atoms with Gasteiger partial charge in [-0.15, -0.1) is 0 Å². The minimum Gasteiger partial charge on any atom is -0.349 e. The van der Waals surface area contributed by atoms with Crippen LogP contribution in [0.1, 0.15) is 53.9 Å². The lowest BCUT2D eigenvalue weighted by Gasteiger charge is -2.22. The number of hydrogen-bond acceptors (Lipinski definition) is 1. The summed E-state index contributed by atoms with van der Waals surface area (Å²) in [4.78, 5) is 11.6. The fourth-order valence-corrected chi connectivity index (χ4v) is 2.61. The minimum absolute atomic E-state index is 0.0865. The zero-order valence-electron chi connectivity index (χ0n) is 10.6. The molecule has 2 rings (SSSR count). The largest absolute Gasteiger partial charge is 0.349 e. The van der Waals surface area contributed by atoms with E-state index in [4.69, 9.17) is 0 Å². The highest BCUT2D eigenvalue weighted by Crippen LogP contribution is 2.32. The Balaban J connectivity index is 1.98. The summed E-state index contributed by atoms with van der Waals surface area (Å²) in [6.07, 6.45) is 6.48. The number of carbonyl (C=O) groups excluding carboxylic acids is 1. The van der Waals surface area contributed by atoms with E-state index in [0.717, 1.165) is 0 Å². The molecule has 1 saturated carbocycles. The zero-order valence-corrected chi connectivity index (χ0v) is 10.6. The van der Waals surface area contributed by atoms with Crippen molar-refractivity contribution in [2.45, 2.75) is 38.0 Å². The summed E-state index contributed by atoms with van der Waals surface area (Å²) >= 11 is 0. The van der Waals surface area contributed by atoms with Crippen molar-refractivity contribution in [2.75, 3.05) is 13.2 Å². The first-order chi connectivity index (χ1) is 8.81. The molecule has 0 radical (unpaired) electrons. The predicted octanol–water partition coefficient (Wildman–Crippen LogP) is 3.43. The average Bonchev–Trinajstić information content (AvgIpc) is 2.46. The van der Waals surface area contributed by atoms with Crippen LogP contribution in [0.2, 0.25) is 0 Å². The number of benzene rings is 1. The van der Waals surface area contributed by atoms with E-state index in [2.05, 4.69) is 5.32 Å². The zero-order chi connectivity index (χ0) is 12.8. The summed E-state index contributed by atoms with van der Waals surface area (Å²) in [7, 11) is 0. The number of nitrogens with one attached hydrogen (secondary N) is 1. The van der Waals surface area contributed by atoms with E-state index in [0.29, 0.717) is 11.5 Å². The summed E-state index contributed by atoms with van der Waals surface area (Å²) in [5.74, 6) is 0.463. The van der Waals surface area contributed by atoms with Gasteiger partial charge in [-0.25, -0.2) is 4.39 Å². The first-order valence-corrected chi connectivity index (χ1v) is 6.75. The van der Waals surface area contributed by atoms with Gasteiger partial charge in [-0.2, -0.15) is 0 Å². The van der Waals surface area contributed by atoms with Crippen LogP contribution in [0.25, 0.3) is 0 Å². The molecule has 0 heterocycles. The fraction of sp³-hybridized carbons (Fsp3) is 0.533. The summed E-state index contributed by atoms with van der Waals surface area (Å²) < 4.78 is 12.0. The minimum atomic E-state index is -0.522. The van der Waals surface area contributed by atoms with E-state index in [1.807, 2.05) is 24.3 Å². The van der Waals surface area contributed by atoms with Crippen LogP contribution < -0.4 is 5.32 Å². The van der Waals surface area contributed by atoms with Crippen LogP contribution >= 0.6 is 0 Å². The maximum Gasteiger partial charge on any atom is 0.251 e. The van der Waals surface area contributed by atoms with E-state index in [1.54, 1.807) is 0 Å². The van der Waals surface area contributed by atoms with Crippen molar-refractivity contribution in [1.29, 1.82) is 0 Å². The van der Waals surface area contributed by atoms with Crippen LogP contribution in [0.3, 0.4) is 0 Å². The van der Waals surface area contributed by atoms with Crippen molar-refractivity contribution in [3.05, 3.63) is 35.4 Å². The third kappa shape index (κ3) is 3.31. The van der Waals surface area contributed by atoms with Gasteiger partial charge in [-0.05, 0) is 36.5 Å². The monoisotopic (exact) mass is 249 g/mol. The van der Waals surface area contributed by atoms with Gasteiger partial charge in [-0.1, -0.05) is 31.4 Å². The lowest BCUT2D eigenvalue weighted by atomic mass is 9.84. The summed E-state index contributed by atoms with van der Waals surface area (Å²) in [6.45, 7) is -0.435. The molecule has 0 atom stereocenters. The lowest BCUT2D eigenvalue weighted by molar-refractivity contribution is 0.0951. The van der Waals surface area contributed by atoms with Crippen LogP contribution in [-0.2, 0) is 0 Å². The first-order valence-electron chi connectivity index (χ1n) is 6.75. The van der Waals surface area contributed by atoms with Gasteiger partial charge in [0.25, 0.3) is 5.91 Å². The topological polar surface area (TPSA) is 29.1 Å². The fourth-order valence-electron chi connectivity index (χ4n) is 2.61. The van der Waals surface area contributed by atoms with Gasteiger partial charge < -0.3 is 5.32 Å². The van der Waals surface area contributed by atoms with Crippen LogP contribution in [0.5, 0.6) is 0 Å². The molecule has 0 bridgehead atoms. The molecule has 0 spiro atoms. The predicted molar refractivity (Wildman–Crippen MR) is 70.6 cm³/mol. The van der Waals surface area contributed by atoms with E-state index in [9.17, 15) is 9.18 Å². The number of halogens is 1. The molecule has 98 valence electrons. The highest BCUT2D eigenvalue weighted by Gasteiger charge is 2.15. The molecule has 0 aromatic heterocycles. The van der Waals surface area contributed by atoms with Crippen molar-refractivity contribution in [3.63, 3.8) is 0 Å². The highest BCUT2D eigenvalue weighted by atomic mass is 19.1. The molecule has 1 aromatic carbocycles. The molecule has 0 unspecified atom stereocenters. The summed E-state index contributed by atoms with van der Waals surface area (Å²) in [5.41, 5.74) is 1.94. The number of carbonyl (C=O) groups is 1. The number of alkyl halides is 1. The third-order valence-electron chi connectivity index (χ3n) is 3.63. The van der Waals surface area contributed by atoms with Gasteiger partial charge in [0, 0.05) is 12.1 Å². The Morgan fingerprint density at radius 2 is 1.83 bits per heavy atom. The Morgan fingerprint density at radius 3 is 2.44 bits per heavy atom. The lowest BCUT2D eigenvalue weighted by Crippen LogP contribution is -2.25. The second-order valence-corrected chi connectivity index (χ2v) is 4.90. The molecule has 2 nitrogen and oxygen atoms in total. The molecule has 1 amide bonds. The molecule has 1 aliphatic carbocycles. The molecule has 1 aromatic rings. The number of rotatable bonds is 4. The molecule has 1 aliphatic rings. The SMILES string of the molecule is O=C(NCCF)c1ccc(C2CCCCC2)cc1. The van der Waals surface area contributed by atoms with Crippen molar-refractivity contribution in [2.24, 2.45) is 0 Å². The van der Waals surface area contributed by atoms with Gasteiger partial charge in [0.2, 0.25) is 0 Å². The van der Waals surface area contributed by atoms with Crippen LogP contribution in [-0.4, -0.2) is 19.1 Å². The van der Waals surface area contributed by atoms with E-state index < -0.39 is 6.67 Å². The normalized spacial score (nSPS) is 16.5. The quantitative estimate of drug-likeness (QED) is 0.870. The number of amides is 1. The van der Waals surface area contributed by atoms with Gasteiger partial charge in [-0.3, -0.25) is 4.79 Å². The van der Waals surface area contributed by atoms with Crippen LogP contribution in [0.15, 0.2) is 24.3 Å². The van der Waals surface area contributed by atoms with Crippen molar-refractivity contribution >= 4 is 5.91 Å². The van der Waals surface area contributed by atoms with Crippen molar-refractivity contribution in [3.8, 4) is 0 Å². The molecule has 1 N–H and O–H groups in total. The maximum absolute atomic E-state index is 12.0. The Bertz CT molecular complexity index is 382. The smallest absolute Gasteiger partial charge is 0.251 e. The van der Waals surface area contributed by atoms with Crippen molar-refractivity contribution in [1.82, 2.24) is 5.32 Å². The molecule has 1 fully saturated rings. The molecule has 0 aliphatic heterocycles. The molecular weight excluding hydrogens is 229 g/mol. The van der Waals surface area contributed by atoms with Crippen LogP contribution in [0.4, 0.5) is 4.39 Å². The summed E-state index contributed by atoms with van der Waals surface area (Å²) in [5, 5.41) is 2.53. The Morgan fingerprint density at radius 1 is 1.17 bits per heavy atom. The Hall–Kier alpha value is -1.38. The first kappa shape index (κ1) is 13.1.